The van der Waals surface area contributed by atoms with E-state index < -0.39 is 5.92 Å². The maximum absolute atomic E-state index is 12.5. The minimum atomic E-state index is -0.451. The van der Waals surface area contributed by atoms with Crippen molar-refractivity contribution in [2.75, 3.05) is 18.0 Å². The van der Waals surface area contributed by atoms with Crippen LogP contribution in [-0.2, 0) is 16.1 Å². The highest BCUT2D eigenvalue weighted by Crippen LogP contribution is 2.26. The van der Waals surface area contributed by atoms with Crippen LogP contribution in [0.1, 0.15) is 6.42 Å². The summed E-state index contributed by atoms with van der Waals surface area (Å²) in [5.41, 5.74) is 0.441. The molecule has 1 N–H and O–H groups in total. The zero-order chi connectivity index (χ0) is 21.1. The van der Waals surface area contributed by atoms with E-state index in [-0.39, 0.29) is 36.9 Å². The first-order chi connectivity index (χ1) is 14.5. The Balaban J connectivity index is 1.34. The molecule has 9 nitrogen and oxygen atoms in total. The van der Waals surface area contributed by atoms with Crippen LogP contribution in [0.15, 0.2) is 59.7 Å². The highest BCUT2D eigenvalue weighted by Gasteiger charge is 2.34. The van der Waals surface area contributed by atoms with Crippen molar-refractivity contribution < 1.29 is 9.59 Å². The summed E-state index contributed by atoms with van der Waals surface area (Å²) in [7, 11) is 0. The minimum absolute atomic E-state index is 0.109. The van der Waals surface area contributed by atoms with Crippen LogP contribution in [0.5, 0.6) is 0 Å². The van der Waals surface area contributed by atoms with Crippen LogP contribution >= 0.6 is 11.6 Å². The molecule has 1 aliphatic rings. The van der Waals surface area contributed by atoms with Gasteiger partial charge in [-0.1, -0.05) is 11.6 Å². The number of rotatable bonds is 6. The van der Waals surface area contributed by atoms with Gasteiger partial charge in [0.15, 0.2) is 5.82 Å². The highest BCUT2D eigenvalue weighted by atomic mass is 35.5. The van der Waals surface area contributed by atoms with E-state index in [1.165, 1.54) is 10.7 Å². The molecule has 0 saturated carbocycles. The number of nitrogens with one attached hydrogen (secondary N) is 1. The molecule has 3 heterocycles. The number of aromatic nitrogens is 4. The lowest BCUT2D eigenvalue weighted by atomic mass is 10.1. The summed E-state index contributed by atoms with van der Waals surface area (Å²) < 4.78 is 2.82. The number of hydrogen-bond acceptors (Lipinski definition) is 5. The van der Waals surface area contributed by atoms with Gasteiger partial charge < -0.3 is 10.2 Å². The second-order valence-electron chi connectivity index (χ2n) is 6.88. The minimum Gasteiger partial charge on any atom is -0.354 e. The Morgan fingerprint density at radius 3 is 2.70 bits per heavy atom. The molecule has 1 aliphatic heterocycles. The Labute approximate surface area is 176 Å². The van der Waals surface area contributed by atoms with Crippen molar-refractivity contribution in [3.63, 3.8) is 0 Å². The van der Waals surface area contributed by atoms with E-state index in [2.05, 4.69) is 15.5 Å². The first-order valence-electron chi connectivity index (χ1n) is 9.43. The summed E-state index contributed by atoms with van der Waals surface area (Å²) in [4.78, 5) is 38.5. The summed E-state index contributed by atoms with van der Waals surface area (Å²) in [6, 6.07) is 11.7. The van der Waals surface area contributed by atoms with Crippen LogP contribution in [0.25, 0.3) is 5.82 Å². The largest absolute Gasteiger partial charge is 0.354 e. The molecular formula is C20H19ClN6O3. The van der Waals surface area contributed by atoms with Gasteiger partial charge in [0, 0.05) is 48.7 Å². The lowest BCUT2D eigenvalue weighted by Gasteiger charge is -2.16. The molecule has 1 unspecified atom stereocenters. The van der Waals surface area contributed by atoms with Crippen LogP contribution in [-0.4, -0.2) is 44.5 Å². The lowest BCUT2D eigenvalue weighted by Crippen LogP contribution is -2.36. The molecule has 2 aromatic heterocycles. The number of hydrogen-bond donors (Lipinski definition) is 1. The van der Waals surface area contributed by atoms with Gasteiger partial charge in [0.25, 0.3) is 5.56 Å². The van der Waals surface area contributed by atoms with Gasteiger partial charge in [-0.3, -0.25) is 14.4 Å². The average Bonchev–Trinajstić information content (AvgIpc) is 3.40. The number of anilines is 1. The third-order valence-electron chi connectivity index (χ3n) is 4.85. The van der Waals surface area contributed by atoms with E-state index in [9.17, 15) is 14.4 Å². The fourth-order valence-electron chi connectivity index (χ4n) is 3.31. The van der Waals surface area contributed by atoms with Gasteiger partial charge in [0.05, 0.1) is 12.5 Å². The predicted molar refractivity (Wildman–Crippen MR) is 111 cm³/mol. The van der Waals surface area contributed by atoms with Gasteiger partial charge in [-0.15, -0.1) is 5.10 Å². The fourth-order valence-corrected chi connectivity index (χ4v) is 3.43. The first kappa shape index (κ1) is 19.8. The van der Waals surface area contributed by atoms with Gasteiger partial charge in [-0.2, -0.15) is 5.10 Å². The van der Waals surface area contributed by atoms with Gasteiger partial charge in [-0.05, 0) is 36.4 Å². The van der Waals surface area contributed by atoms with Crippen LogP contribution in [0.4, 0.5) is 5.69 Å². The smallest absolute Gasteiger partial charge is 0.266 e. The maximum Gasteiger partial charge on any atom is 0.266 e. The van der Waals surface area contributed by atoms with Gasteiger partial charge in [0.2, 0.25) is 11.8 Å². The maximum atomic E-state index is 12.5. The van der Waals surface area contributed by atoms with Crippen molar-refractivity contribution >= 4 is 29.1 Å². The summed E-state index contributed by atoms with van der Waals surface area (Å²) in [5, 5.41) is 11.7. The molecule has 2 amide bonds. The molecule has 30 heavy (non-hydrogen) atoms. The number of halogens is 1. The number of carbonyl (C=O) groups is 2. The zero-order valence-corrected chi connectivity index (χ0v) is 16.7. The van der Waals surface area contributed by atoms with Crippen molar-refractivity contribution in [3.05, 3.63) is 70.2 Å². The van der Waals surface area contributed by atoms with E-state index in [4.69, 9.17) is 11.6 Å². The molecule has 0 spiro atoms. The molecule has 0 bridgehead atoms. The monoisotopic (exact) mass is 426 g/mol. The van der Waals surface area contributed by atoms with E-state index in [1.54, 1.807) is 58.4 Å². The molecule has 1 saturated heterocycles. The van der Waals surface area contributed by atoms with Crippen LogP contribution in [0.3, 0.4) is 0 Å². The van der Waals surface area contributed by atoms with Crippen LogP contribution in [0, 0.1) is 5.92 Å². The number of nitrogens with zero attached hydrogens (tertiary/aromatic N) is 5. The quantitative estimate of drug-likeness (QED) is 0.639. The SMILES string of the molecule is O=C(NCCn1nc(-n2cccn2)ccc1=O)C1CC(=O)N(c2ccc(Cl)cc2)C1. The Morgan fingerprint density at radius 2 is 1.97 bits per heavy atom. The summed E-state index contributed by atoms with van der Waals surface area (Å²) in [5.74, 6) is -0.280. The zero-order valence-electron chi connectivity index (χ0n) is 15.9. The summed E-state index contributed by atoms with van der Waals surface area (Å²) in [6.45, 7) is 0.737. The molecule has 1 atom stereocenters. The number of benzene rings is 1. The molecular weight excluding hydrogens is 408 g/mol. The molecule has 10 heteroatoms. The number of carbonyl (C=O) groups excluding carboxylic acids is 2. The third-order valence-corrected chi connectivity index (χ3v) is 5.10. The third kappa shape index (κ3) is 4.25. The molecule has 0 aliphatic carbocycles. The van der Waals surface area contributed by atoms with E-state index in [1.807, 2.05) is 0 Å². The molecule has 1 fully saturated rings. The summed E-state index contributed by atoms with van der Waals surface area (Å²) >= 11 is 5.89. The topological polar surface area (TPSA) is 102 Å². The highest BCUT2D eigenvalue weighted by molar-refractivity contribution is 6.30. The Morgan fingerprint density at radius 1 is 1.17 bits per heavy atom. The van der Waals surface area contributed by atoms with Crippen molar-refractivity contribution in [2.45, 2.75) is 13.0 Å². The Bertz CT molecular complexity index is 1110. The van der Waals surface area contributed by atoms with Crippen molar-refractivity contribution in [1.82, 2.24) is 24.9 Å². The average molecular weight is 427 g/mol. The van der Waals surface area contributed by atoms with Gasteiger partial charge in [-0.25, -0.2) is 9.36 Å². The number of amides is 2. The van der Waals surface area contributed by atoms with Crippen LogP contribution < -0.4 is 15.8 Å². The van der Waals surface area contributed by atoms with Crippen molar-refractivity contribution in [1.29, 1.82) is 0 Å². The molecule has 4 rings (SSSR count). The molecule has 3 aromatic rings. The van der Waals surface area contributed by atoms with Gasteiger partial charge in [0.1, 0.15) is 0 Å². The summed E-state index contributed by atoms with van der Waals surface area (Å²) in [6.07, 6.45) is 3.48. The normalized spacial score (nSPS) is 16.1. The van der Waals surface area contributed by atoms with E-state index >= 15 is 0 Å². The fraction of sp³-hybridized carbons (Fsp3) is 0.250. The second kappa shape index (κ2) is 8.50. The first-order valence-corrected chi connectivity index (χ1v) is 9.81. The Hall–Kier alpha value is -3.46. The van der Waals surface area contributed by atoms with E-state index in [0.29, 0.717) is 23.1 Å². The van der Waals surface area contributed by atoms with Gasteiger partial charge >= 0.3 is 0 Å². The molecule has 154 valence electrons. The lowest BCUT2D eigenvalue weighted by molar-refractivity contribution is -0.126. The second-order valence-corrected chi connectivity index (χ2v) is 7.31. The predicted octanol–water partition coefficient (Wildman–Crippen LogP) is 1.25. The molecule has 1 aromatic carbocycles. The molecule has 0 radical (unpaired) electrons. The van der Waals surface area contributed by atoms with Crippen molar-refractivity contribution in [2.24, 2.45) is 5.92 Å². The van der Waals surface area contributed by atoms with Crippen molar-refractivity contribution in [3.8, 4) is 5.82 Å². The standard InChI is InChI=1S/C20H19ClN6O3/c21-15-2-4-16(5-3-15)25-13-14(12-19(25)29)20(30)22-9-11-27-18(28)7-6-17(24-27)26-10-1-8-23-26/h1-8,10,14H,9,11-13H2,(H,22,30). The van der Waals surface area contributed by atoms with Crippen LogP contribution in [0.2, 0.25) is 5.02 Å². The van der Waals surface area contributed by atoms with E-state index in [0.717, 1.165) is 0 Å². The Kier molecular flexibility index (Phi) is 5.62.